The second kappa shape index (κ2) is 7.28. The molecule has 0 amide bonds. The third-order valence-electron chi connectivity index (χ3n) is 2.62. The normalized spacial score (nSPS) is 12.2. The highest BCUT2D eigenvalue weighted by Crippen LogP contribution is 2.18. The number of ether oxygens (including phenoxy) is 1. The second-order valence-electron chi connectivity index (χ2n) is 4.14. The van der Waals surface area contributed by atoms with Gasteiger partial charge in [0.05, 0.1) is 12.3 Å². The average molecular weight is 270 g/mol. The van der Waals surface area contributed by atoms with Crippen molar-refractivity contribution in [2.45, 2.75) is 25.8 Å². The third-order valence-corrected chi connectivity index (χ3v) is 2.85. The van der Waals surface area contributed by atoms with Gasteiger partial charge in [0.2, 0.25) is 0 Å². The molecule has 0 saturated heterocycles. The van der Waals surface area contributed by atoms with Crippen LogP contribution in [0, 0.1) is 5.82 Å². The molecule has 100 valence electrons. The monoisotopic (exact) mass is 270 g/mol. The Morgan fingerprint density at radius 2 is 2.28 bits per heavy atom. The zero-order valence-electron chi connectivity index (χ0n) is 10.7. The van der Waals surface area contributed by atoms with E-state index in [9.17, 15) is 4.39 Å². The first kappa shape index (κ1) is 14.9. The molecule has 0 aromatic heterocycles. The van der Waals surface area contributed by atoms with Crippen molar-refractivity contribution in [3.05, 3.63) is 29.6 Å². The minimum absolute atomic E-state index is 0.102. The van der Waals surface area contributed by atoms with Crippen LogP contribution < -0.4 is 11.1 Å². The largest absolute Gasteiger partial charge is 0.389 e. The van der Waals surface area contributed by atoms with Crippen LogP contribution in [-0.4, -0.2) is 24.7 Å². The molecule has 0 bridgehead atoms. The number of methoxy groups -OCH3 is 1. The molecule has 1 atom stereocenters. The lowest BCUT2D eigenvalue weighted by atomic mass is 10.1. The minimum atomic E-state index is -0.350. The van der Waals surface area contributed by atoms with Crippen LogP contribution >= 0.6 is 12.2 Å². The van der Waals surface area contributed by atoms with E-state index in [0.29, 0.717) is 17.9 Å². The molecule has 3 nitrogen and oxygen atoms in total. The molecular formula is C13H19FN2OS. The van der Waals surface area contributed by atoms with Crippen molar-refractivity contribution in [3.8, 4) is 0 Å². The van der Waals surface area contributed by atoms with Crippen LogP contribution in [0.2, 0.25) is 0 Å². The van der Waals surface area contributed by atoms with Gasteiger partial charge in [-0.15, -0.1) is 0 Å². The van der Waals surface area contributed by atoms with Gasteiger partial charge in [-0.1, -0.05) is 25.6 Å². The second-order valence-corrected chi connectivity index (χ2v) is 4.58. The summed E-state index contributed by atoms with van der Waals surface area (Å²) in [6, 6.07) is 4.82. The fourth-order valence-electron chi connectivity index (χ4n) is 1.75. The number of rotatable bonds is 7. The summed E-state index contributed by atoms with van der Waals surface area (Å²) in [5.41, 5.74) is 6.44. The van der Waals surface area contributed by atoms with Gasteiger partial charge in [0.25, 0.3) is 0 Å². The van der Waals surface area contributed by atoms with E-state index in [0.717, 1.165) is 12.8 Å². The van der Waals surface area contributed by atoms with Gasteiger partial charge in [-0.2, -0.15) is 0 Å². The zero-order chi connectivity index (χ0) is 13.5. The highest BCUT2D eigenvalue weighted by atomic mass is 32.1. The first-order chi connectivity index (χ1) is 8.58. The number of hydrogen-bond donors (Lipinski definition) is 2. The fourth-order valence-corrected chi connectivity index (χ4v) is 1.88. The van der Waals surface area contributed by atoms with Crippen LogP contribution in [0.1, 0.15) is 25.3 Å². The Kier molecular flexibility index (Phi) is 6.01. The number of nitrogens with two attached hydrogens (primary N) is 1. The zero-order valence-corrected chi connectivity index (χ0v) is 11.5. The molecule has 0 aliphatic heterocycles. The Hall–Kier alpha value is -1.20. The van der Waals surface area contributed by atoms with Crippen LogP contribution in [0.3, 0.4) is 0 Å². The molecule has 5 heteroatoms. The summed E-state index contributed by atoms with van der Waals surface area (Å²) in [6.45, 7) is 2.63. The first-order valence-electron chi connectivity index (χ1n) is 5.93. The lowest BCUT2D eigenvalue weighted by molar-refractivity contribution is 0.182. The molecule has 1 aromatic rings. The summed E-state index contributed by atoms with van der Waals surface area (Å²) in [7, 11) is 1.64. The number of hydrogen-bond acceptors (Lipinski definition) is 3. The van der Waals surface area contributed by atoms with Crippen molar-refractivity contribution >= 4 is 22.9 Å². The fraction of sp³-hybridized carbons (Fsp3) is 0.462. The molecule has 0 fully saturated rings. The number of thiocarbonyl (C=S) groups is 1. The van der Waals surface area contributed by atoms with Gasteiger partial charge in [-0.3, -0.25) is 0 Å². The Morgan fingerprint density at radius 1 is 1.56 bits per heavy atom. The van der Waals surface area contributed by atoms with Crippen LogP contribution in [0.4, 0.5) is 10.1 Å². The van der Waals surface area contributed by atoms with Crippen molar-refractivity contribution in [3.63, 3.8) is 0 Å². The molecule has 0 radical (unpaired) electrons. The molecule has 1 rings (SSSR count). The Labute approximate surface area is 113 Å². The molecule has 0 heterocycles. The van der Waals surface area contributed by atoms with Crippen LogP contribution in [0.15, 0.2) is 18.2 Å². The maximum absolute atomic E-state index is 13.8. The summed E-state index contributed by atoms with van der Waals surface area (Å²) in [5, 5.41) is 3.13. The smallest absolute Gasteiger partial charge is 0.146 e. The van der Waals surface area contributed by atoms with Crippen LogP contribution in [0.25, 0.3) is 0 Å². The molecule has 1 unspecified atom stereocenters. The van der Waals surface area contributed by atoms with Crippen molar-refractivity contribution in [2.75, 3.05) is 19.0 Å². The highest BCUT2D eigenvalue weighted by molar-refractivity contribution is 7.80. The van der Waals surface area contributed by atoms with E-state index in [1.807, 2.05) is 0 Å². The lowest BCUT2D eigenvalue weighted by Crippen LogP contribution is -2.25. The summed E-state index contributed by atoms with van der Waals surface area (Å²) in [6.07, 6.45) is 1.93. The summed E-state index contributed by atoms with van der Waals surface area (Å²) in [4.78, 5) is 0.197. The van der Waals surface area contributed by atoms with Crippen LogP contribution in [-0.2, 0) is 4.74 Å². The van der Waals surface area contributed by atoms with E-state index in [4.69, 9.17) is 22.7 Å². The number of benzene rings is 1. The number of nitrogens with one attached hydrogen (secondary N) is 1. The predicted octanol–water partition coefficient (Wildman–Crippen LogP) is 2.69. The summed E-state index contributed by atoms with van der Waals surface area (Å²) >= 11 is 4.81. The SMILES string of the molecule is CCCC(COC)Nc1ccc(C(N)=S)cc1F. The first-order valence-corrected chi connectivity index (χ1v) is 6.34. The van der Waals surface area contributed by atoms with Crippen LogP contribution in [0.5, 0.6) is 0 Å². The molecule has 3 N–H and O–H groups in total. The van der Waals surface area contributed by atoms with Gasteiger partial charge < -0.3 is 15.8 Å². The molecule has 1 aromatic carbocycles. The molecule has 18 heavy (non-hydrogen) atoms. The van der Waals surface area contributed by atoms with Gasteiger partial charge in [0.1, 0.15) is 10.8 Å². The van der Waals surface area contributed by atoms with Crippen molar-refractivity contribution in [2.24, 2.45) is 5.73 Å². The average Bonchev–Trinajstić information content (AvgIpc) is 2.32. The van der Waals surface area contributed by atoms with Gasteiger partial charge in [0.15, 0.2) is 0 Å². The Balaban J connectivity index is 2.79. The molecule has 0 aliphatic rings. The van der Waals surface area contributed by atoms with E-state index in [2.05, 4.69) is 12.2 Å². The number of anilines is 1. The minimum Gasteiger partial charge on any atom is -0.389 e. The highest BCUT2D eigenvalue weighted by Gasteiger charge is 2.11. The predicted molar refractivity (Wildman–Crippen MR) is 76.5 cm³/mol. The molecular weight excluding hydrogens is 251 g/mol. The van der Waals surface area contributed by atoms with E-state index < -0.39 is 0 Å². The quantitative estimate of drug-likeness (QED) is 0.748. The Bertz CT molecular complexity index is 406. The van der Waals surface area contributed by atoms with Crippen molar-refractivity contribution in [1.82, 2.24) is 0 Å². The molecule has 0 saturated carbocycles. The topological polar surface area (TPSA) is 47.3 Å². The molecule has 0 aliphatic carbocycles. The van der Waals surface area contributed by atoms with E-state index in [1.165, 1.54) is 6.07 Å². The van der Waals surface area contributed by atoms with Crippen molar-refractivity contribution in [1.29, 1.82) is 0 Å². The van der Waals surface area contributed by atoms with E-state index in [1.54, 1.807) is 19.2 Å². The molecule has 0 spiro atoms. The maximum Gasteiger partial charge on any atom is 0.146 e. The number of halogens is 1. The van der Waals surface area contributed by atoms with Gasteiger partial charge in [-0.05, 0) is 24.6 Å². The van der Waals surface area contributed by atoms with Gasteiger partial charge in [-0.25, -0.2) is 4.39 Å². The summed E-state index contributed by atoms with van der Waals surface area (Å²) in [5.74, 6) is -0.350. The van der Waals surface area contributed by atoms with Crippen molar-refractivity contribution < 1.29 is 9.13 Å². The van der Waals surface area contributed by atoms with E-state index in [-0.39, 0.29) is 16.8 Å². The van der Waals surface area contributed by atoms with Gasteiger partial charge >= 0.3 is 0 Å². The Morgan fingerprint density at radius 3 is 2.78 bits per heavy atom. The van der Waals surface area contributed by atoms with Gasteiger partial charge in [0, 0.05) is 18.7 Å². The maximum atomic E-state index is 13.8. The third kappa shape index (κ3) is 4.23. The lowest BCUT2D eigenvalue weighted by Gasteiger charge is -2.19. The van der Waals surface area contributed by atoms with E-state index >= 15 is 0 Å². The standard InChI is InChI=1S/C13H19FN2OS/c1-3-4-10(8-17-2)16-12-6-5-9(13(15)18)7-11(12)14/h5-7,10,16H,3-4,8H2,1-2H3,(H2,15,18). The summed E-state index contributed by atoms with van der Waals surface area (Å²) < 4.78 is 18.9.